The summed E-state index contributed by atoms with van der Waals surface area (Å²) in [6, 6.07) is 9.57. The number of nitrogens with one attached hydrogen (secondary N) is 2. The molecule has 1 saturated heterocycles. The Morgan fingerprint density at radius 1 is 1.14 bits per heavy atom. The Bertz CT molecular complexity index is 1490. The summed E-state index contributed by atoms with van der Waals surface area (Å²) in [5.41, 5.74) is 3.20. The van der Waals surface area contributed by atoms with Gasteiger partial charge < -0.3 is 19.6 Å². The maximum absolute atomic E-state index is 13.4. The van der Waals surface area contributed by atoms with Gasteiger partial charge in [-0.1, -0.05) is 18.2 Å². The highest BCUT2D eigenvalue weighted by atomic mass is 32.2. The van der Waals surface area contributed by atoms with Crippen molar-refractivity contribution >= 4 is 26.8 Å². The van der Waals surface area contributed by atoms with Crippen LogP contribution in [0.1, 0.15) is 53.0 Å². The predicted octanol–water partition coefficient (Wildman–Crippen LogP) is 3.09. The number of aromatic nitrogens is 2. The van der Waals surface area contributed by atoms with Gasteiger partial charge in [-0.3, -0.25) is 9.59 Å². The number of hydrogen-bond donors (Lipinski definition) is 2. The Balaban J connectivity index is 1.35. The number of hydrogen-bond acceptors (Lipinski definition) is 5. The smallest absolute Gasteiger partial charge is 0.256 e. The van der Waals surface area contributed by atoms with Crippen LogP contribution in [0.5, 0.6) is 5.75 Å². The third kappa shape index (κ3) is 4.92. The first-order valence-electron chi connectivity index (χ1n) is 12.8. The van der Waals surface area contributed by atoms with Gasteiger partial charge in [0.15, 0.2) is 0 Å². The number of carbonyl (C=O) groups is 1. The molecule has 1 aromatic carbocycles. The molecule has 2 aromatic heterocycles. The van der Waals surface area contributed by atoms with Crippen LogP contribution in [0.4, 0.5) is 0 Å². The SMILES string of the molecule is COc1cc(C)[nH]c(=O)c1CNC(=O)c1c(C)n(CC2CCN(S(=O)(=O)C3CC3)CC2)c2ccccc12. The molecule has 198 valence electrons. The van der Waals surface area contributed by atoms with Gasteiger partial charge in [-0.15, -0.1) is 0 Å². The molecule has 1 aliphatic carbocycles. The second-order valence-electron chi connectivity index (χ2n) is 10.2. The fourth-order valence-corrected chi connectivity index (χ4v) is 7.30. The fraction of sp³-hybridized carbons (Fsp3) is 0.481. The molecule has 0 spiro atoms. The van der Waals surface area contributed by atoms with Crippen molar-refractivity contribution < 1.29 is 17.9 Å². The van der Waals surface area contributed by atoms with Crippen LogP contribution in [0.3, 0.4) is 0 Å². The standard InChI is InChI=1S/C27H34N4O5S/c1-17-14-24(36-3)22(26(32)29-17)15-28-27(33)25-18(2)31(23-7-5-4-6-21(23)25)16-19-10-12-30(13-11-19)37(34,35)20-8-9-20/h4-7,14,19-20H,8-13,15-16H2,1-3H3,(H,28,33)(H,29,32). The highest BCUT2D eigenvalue weighted by Crippen LogP contribution is 2.34. The van der Waals surface area contributed by atoms with Crippen molar-refractivity contribution in [1.82, 2.24) is 19.2 Å². The highest BCUT2D eigenvalue weighted by Gasteiger charge is 2.41. The van der Waals surface area contributed by atoms with E-state index >= 15 is 0 Å². The number of ether oxygens (including phenoxy) is 1. The Morgan fingerprint density at radius 3 is 2.51 bits per heavy atom. The van der Waals surface area contributed by atoms with E-state index in [1.54, 1.807) is 17.3 Å². The first-order valence-corrected chi connectivity index (χ1v) is 14.3. The summed E-state index contributed by atoms with van der Waals surface area (Å²) >= 11 is 0. The van der Waals surface area contributed by atoms with Crippen LogP contribution in [0, 0.1) is 19.8 Å². The number of methoxy groups -OCH3 is 1. The molecule has 2 aliphatic rings. The number of carbonyl (C=O) groups excluding carboxylic acids is 1. The molecule has 3 heterocycles. The normalized spacial score (nSPS) is 17.3. The summed E-state index contributed by atoms with van der Waals surface area (Å²) in [5, 5.41) is 3.60. The number of amides is 1. The predicted molar refractivity (Wildman–Crippen MR) is 142 cm³/mol. The second-order valence-corrected chi connectivity index (χ2v) is 12.4. The van der Waals surface area contributed by atoms with Crippen molar-refractivity contribution in [3.63, 3.8) is 0 Å². The lowest BCUT2D eigenvalue weighted by Gasteiger charge is -2.32. The monoisotopic (exact) mass is 526 g/mol. The lowest BCUT2D eigenvalue weighted by Crippen LogP contribution is -2.41. The maximum atomic E-state index is 13.4. The Kier molecular flexibility index (Phi) is 6.89. The van der Waals surface area contributed by atoms with Crippen LogP contribution in [0.25, 0.3) is 10.9 Å². The van der Waals surface area contributed by atoms with Crippen molar-refractivity contribution in [2.24, 2.45) is 5.92 Å². The van der Waals surface area contributed by atoms with Gasteiger partial charge in [0.1, 0.15) is 5.75 Å². The number of pyridine rings is 1. The van der Waals surface area contributed by atoms with Crippen LogP contribution in [0.15, 0.2) is 35.1 Å². The molecule has 0 radical (unpaired) electrons. The molecule has 1 saturated carbocycles. The Hall–Kier alpha value is -3.11. The topological polar surface area (TPSA) is 114 Å². The molecule has 10 heteroatoms. The number of piperidine rings is 1. The minimum Gasteiger partial charge on any atom is -0.496 e. The zero-order valence-electron chi connectivity index (χ0n) is 21.5. The van der Waals surface area contributed by atoms with E-state index in [9.17, 15) is 18.0 Å². The first kappa shape index (κ1) is 25.5. The summed E-state index contributed by atoms with van der Waals surface area (Å²) < 4.78 is 34.4. The summed E-state index contributed by atoms with van der Waals surface area (Å²) in [5.74, 6) is 0.516. The third-order valence-electron chi connectivity index (χ3n) is 7.65. The Labute approximate surface area is 216 Å². The van der Waals surface area contributed by atoms with E-state index in [0.29, 0.717) is 41.6 Å². The molecule has 1 amide bonds. The van der Waals surface area contributed by atoms with E-state index < -0.39 is 10.0 Å². The van der Waals surface area contributed by atoms with Gasteiger partial charge in [-0.05, 0) is 57.6 Å². The number of sulfonamides is 1. The summed E-state index contributed by atoms with van der Waals surface area (Å²) in [4.78, 5) is 28.6. The molecule has 5 rings (SSSR count). The molecule has 2 fully saturated rings. The minimum absolute atomic E-state index is 0.0461. The van der Waals surface area contributed by atoms with Crippen LogP contribution >= 0.6 is 0 Å². The molecular weight excluding hydrogens is 492 g/mol. The lowest BCUT2D eigenvalue weighted by molar-refractivity contribution is 0.0951. The number of aryl methyl sites for hydroxylation is 1. The number of H-pyrrole nitrogens is 1. The first-order chi connectivity index (χ1) is 17.7. The maximum Gasteiger partial charge on any atom is 0.256 e. The molecular formula is C27H34N4O5S. The van der Waals surface area contributed by atoms with Crippen molar-refractivity contribution in [3.8, 4) is 5.75 Å². The van der Waals surface area contributed by atoms with Crippen LogP contribution in [0.2, 0.25) is 0 Å². The molecule has 3 aromatic rings. The zero-order valence-corrected chi connectivity index (χ0v) is 22.4. The van der Waals surface area contributed by atoms with Crippen molar-refractivity contribution in [2.45, 2.75) is 57.9 Å². The number of para-hydroxylation sites is 1. The van der Waals surface area contributed by atoms with Gasteiger partial charge in [-0.2, -0.15) is 0 Å². The van der Waals surface area contributed by atoms with E-state index in [2.05, 4.69) is 14.9 Å². The van der Waals surface area contributed by atoms with Gasteiger partial charge in [0.25, 0.3) is 11.5 Å². The number of rotatable bonds is 8. The van der Waals surface area contributed by atoms with Crippen LogP contribution < -0.4 is 15.6 Å². The van der Waals surface area contributed by atoms with Gasteiger partial charge in [-0.25, -0.2) is 12.7 Å². The summed E-state index contributed by atoms with van der Waals surface area (Å²) in [6.07, 6.45) is 3.17. The zero-order chi connectivity index (χ0) is 26.3. The van der Waals surface area contributed by atoms with E-state index in [-0.39, 0.29) is 23.3 Å². The van der Waals surface area contributed by atoms with Crippen LogP contribution in [-0.2, 0) is 23.1 Å². The van der Waals surface area contributed by atoms with Gasteiger partial charge in [0.2, 0.25) is 10.0 Å². The quantitative estimate of drug-likeness (QED) is 0.468. The average molecular weight is 527 g/mol. The second kappa shape index (κ2) is 9.98. The Morgan fingerprint density at radius 2 is 1.84 bits per heavy atom. The van der Waals surface area contributed by atoms with E-state index in [1.165, 1.54) is 7.11 Å². The number of benzene rings is 1. The van der Waals surface area contributed by atoms with Crippen molar-refractivity contribution in [3.05, 3.63) is 63.2 Å². The van der Waals surface area contributed by atoms with E-state index in [4.69, 9.17) is 4.74 Å². The third-order valence-corrected chi connectivity index (χ3v) is 10.1. The minimum atomic E-state index is -3.13. The number of nitrogens with zero attached hydrogens (tertiary/aromatic N) is 2. The van der Waals surface area contributed by atoms with E-state index in [1.807, 2.05) is 31.2 Å². The number of fused-ring (bicyclic) bond motifs is 1. The lowest BCUT2D eigenvalue weighted by atomic mass is 9.98. The molecule has 2 N–H and O–H groups in total. The molecule has 0 unspecified atom stereocenters. The molecule has 1 aliphatic heterocycles. The van der Waals surface area contributed by atoms with Gasteiger partial charge in [0, 0.05) is 41.9 Å². The molecule has 9 nitrogen and oxygen atoms in total. The van der Waals surface area contributed by atoms with Gasteiger partial charge in [0.05, 0.1) is 30.0 Å². The fourth-order valence-electron chi connectivity index (χ4n) is 5.43. The highest BCUT2D eigenvalue weighted by molar-refractivity contribution is 7.90. The van der Waals surface area contributed by atoms with Crippen molar-refractivity contribution in [1.29, 1.82) is 0 Å². The van der Waals surface area contributed by atoms with Crippen LogP contribution in [-0.4, -0.2) is 53.6 Å². The molecule has 0 atom stereocenters. The summed E-state index contributed by atoms with van der Waals surface area (Å²) in [7, 11) is -1.63. The average Bonchev–Trinajstić information content (AvgIpc) is 3.70. The van der Waals surface area contributed by atoms with E-state index in [0.717, 1.165) is 48.8 Å². The van der Waals surface area contributed by atoms with Gasteiger partial charge >= 0.3 is 0 Å². The summed E-state index contributed by atoms with van der Waals surface area (Å²) in [6.45, 7) is 5.61. The van der Waals surface area contributed by atoms with Crippen molar-refractivity contribution in [2.75, 3.05) is 20.2 Å². The molecule has 37 heavy (non-hydrogen) atoms. The number of aromatic amines is 1. The largest absolute Gasteiger partial charge is 0.496 e. The molecule has 0 bridgehead atoms.